The fourth-order valence-electron chi connectivity index (χ4n) is 1.17. The van der Waals surface area contributed by atoms with Crippen molar-refractivity contribution in [1.82, 2.24) is 0 Å². The molecule has 0 fully saturated rings. The Hall–Kier alpha value is -1.06. The van der Waals surface area contributed by atoms with E-state index >= 15 is 0 Å². The lowest BCUT2D eigenvalue weighted by Gasteiger charge is -2.15. The standard InChI is InChI=1S/C12H18N2O.ClH/c1-8(2)11(13)12(15)14-10-6-4-9(3)5-7-10;/h4-8,11H,13H2,1-3H3,(H,14,15);1H/t11-;/m1./s1. The molecule has 1 aromatic carbocycles. The Morgan fingerprint density at radius 3 is 2.19 bits per heavy atom. The van der Waals surface area contributed by atoms with Crippen LogP contribution in [0.3, 0.4) is 0 Å². The molecule has 0 unspecified atom stereocenters. The van der Waals surface area contributed by atoms with Crippen LogP contribution in [0.15, 0.2) is 24.3 Å². The van der Waals surface area contributed by atoms with E-state index in [4.69, 9.17) is 5.73 Å². The maximum atomic E-state index is 11.6. The lowest BCUT2D eigenvalue weighted by Crippen LogP contribution is -2.39. The Kier molecular flexibility index (Phi) is 6.08. The van der Waals surface area contributed by atoms with Crippen LogP contribution in [-0.2, 0) is 4.79 Å². The highest BCUT2D eigenvalue weighted by Crippen LogP contribution is 2.10. The van der Waals surface area contributed by atoms with Crippen LogP contribution in [0.4, 0.5) is 5.69 Å². The van der Waals surface area contributed by atoms with E-state index in [-0.39, 0.29) is 24.2 Å². The molecular formula is C12H19ClN2O. The zero-order valence-corrected chi connectivity index (χ0v) is 10.7. The lowest BCUT2D eigenvalue weighted by atomic mass is 10.0. The maximum Gasteiger partial charge on any atom is 0.241 e. The second-order valence-corrected chi connectivity index (χ2v) is 4.13. The van der Waals surface area contributed by atoms with E-state index in [1.54, 1.807) is 0 Å². The average molecular weight is 243 g/mol. The highest BCUT2D eigenvalue weighted by molar-refractivity contribution is 5.94. The van der Waals surface area contributed by atoms with Gasteiger partial charge in [0.1, 0.15) is 0 Å². The molecule has 0 radical (unpaired) electrons. The van der Waals surface area contributed by atoms with Crippen LogP contribution >= 0.6 is 12.4 Å². The van der Waals surface area contributed by atoms with Crippen molar-refractivity contribution in [3.05, 3.63) is 29.8 Å². The van der Waals surface area contributed by atoms with Gasteiger partial charge in [0.05, 0.1) is 6.04 Å². The summed E-state index contributed by atoms with van der Waals surface area (Å²) in [6.45, 7) is 5.87. The van der Waals surface area contributed by atoms with Crippen molar-refractivity contribution < 1.29 is 4.79 Å². The second-order valence-electron chi connectivity index (χ2n) is 4.13. The van der Waals surface area contributed by atoms with Gasteiger partial charge in [-0.3, -0.25) is 4.79 Å². The molecule has 1 amide bonds. The van der Waals surface area contributed by atoms with E-state index < -0.39 is 6.04 Å². The van der Waals surface area contributed by atoms with Crippen molar-refractivity contribution in [1.29, 1.82) is 0 Å². The summed E-state index contributed by atoms with van der Waals surface area (Å²) in [7, 11) is 0. The summed E-state index contributed by atoms with van der Waals surface area (Å²) >= 11 is 0. The Morgan fingerprint density at radius 1 is 1.25 bits per heavy atom. The summed E-state index contributed by atoms with van der Waals surface area (Å²) in [4.78, 5) is 11.6. The number of rotatable bonds is 3. The number of nitrogens with one attached hydrogen (secondary N) is 1. The Labute approximate surface area is 103 Å². The van der Waals surface area contributed by atoms with Gasteiger partial charge in [0.2, 0.25) is 5.91 Å². The summed E-state index contributed by atoms with van der Waals surface area (Å²) < 4.78 is 0. The SMILES string of the molecule is Cc1ccc(NC(=O)[C@H](N)C(C)C)cc1.Cl. The zero-order valence-electron chi connectivity index (χ0n) is 9.86. The van der Waals surface area contributed by atoms with Crippen molar-refractivity contribution in [2.45, 2.75) is 26.8 Å². The smallest absolute Gasteiger partial charge is 0.241 e. The number of hydrogen-bond donors (Lipinski definition) is 2. The Balaban J connectivity index is 0.00000225. The predicted octanol–water partition coefficient (Wildman–Crippen LogP) is 2.34. The third kappa shape index (κ3) is 4.21. The van der Waals surface area contributed by atoms with Gasteiger partial charge in [-0.1, -0.05) is 31.5 Å². The van der Waals surface area contributed by atoms with Gasteiger partial charge >= 0.3 is 0 Å². The van der Waals surface area contributed by atoms with Crippen LogP contribution in [0.25, 0.3) is 0 Å². The van der Waals surface area contributed by atoms with Gasteiger partial charge in [0, 0.05) is 5.69 Å². The molecule has 4 heteroatoms. The first-order valence-corrected chi connectivity index (χ1v) is 5.14. The predicted molar refractivity (Wildman–Crippen MR) is 69.9 cm³/mol. The van der Waals surface area contributed by atoms with Crippen molar-refractivity contribution in [2.24, 2.45) is 11.7 Å². The second kappa shape index (κ2) is 6.51. The van der Waals surface area contributed by atoms with Crippen molar-refractivity contribution >= 4 is 24.0 Å². The number of amides is 1. The number of halogens is 1. The molecule has 3 N–H and O–H groups in total. The topological polar surface area (TPSA) is 55.1 Å². The molecule has 0 saturated carbocycles. The van der Waals surface area contributed by atoms with E-state index in [0.717, 1.165) is 5.69 Å². The molecule has 1 rings (SSSR count). The molecule has 0 aliphatic carbocycles. The summed E-state index contributed by atoms with van der Waals surface area (Å²) in [6, 6.07) is 7.21. The fraction of sp³-hybridized carbons (Fsp3) is 0.417. The minimum Gasteiger partial charge on any atom is -0.325 e. The average Bonchev–Trinajstić information content (AvgIpc) is 2.20. The van der Waals surface area contributed by atoms with Gasteiger partial charge in [0.25, 0.3) is 0 Å². The van der Waals surface area contributed by atoms with E-state index in [2.05, 4.69) is 5.32 Å². The van der Waals surface area contributed by atoms with Crippen LogP contribution in [-0.4, -0.2) is 11.9 Å². The van der Waals surface area contributed by atoms with E-state index in [9.17, 15) is 4.79 Å². The fourth-order valence-corrected chi connectivity index (χ4v) is 1.17. The molecule has 0 heterocycles. The molecule has 90 valence electrons. The molecule has 1 aromatic rings. The van der Waals surface area contributed by atoms with E-state index in [1.807, 2.05) is 45.0 Å². The maximum absolute atomic E-state index is 11.6. The summed E-state index contributed by atoms with van der Waals surface area (Å²) in [5, 5.41) is 2.79. The van der Waals surface area contributed by atoms with E-state index in [0.29, 0.717) is 0 Å². The van der Waals surface area contributed by atoms with Crippen LogP contribution in [0.2, 0.25) is 0 Å². The molecule has 0 aromatic heterocycles. The highest BCUT2D eigenvalue weighted by atomic mass is 35.5. The lowest BCUT2D eigenvalue weighted by molar-refractivity contribution is -0.118. The van der Waals surface area contributed by atoms with Gasteiger partial charge < -0.3 is 11.1 Å². The van der Waals surface area contributed by atoms with Crippen molar-refractivity contribution in [3.8, 4) is 0 Å². The van der Waals surface area contributed by atoms with Crippen LogP contribution < -0.4 is 11.1 Å². The monoisotopic (exact) mass is 242 g/mol. The van der Waals surface area contributed by atoms with Gasteiger partial charge in [-0.05, 0) is 25.0 Å². The van der Waals surface area contributed by atoms with Crippen molar-refractivity contribution in [3.63, 3.8) is 0 Å². The number of hydrogen-bond acceptors (Lipinski definition) is 2. The van der Waals surface area contributed by atoms with Crippen molar-refractivity contribution in [2.75, 3.05) is 5.32 Å². The quantitative estimate of drug-likeness (QED) is 0.855. The third-order valence-electron chi connectivity index (χ3n) is 2.34. The highest BCUT2D eigenvalue weighted by Gasteiger charge is 2.16. The van der Waals surface area contributed by atoms with Gasteiger partial charge in [-0.15, -0.1) is 12.4 Å². The van der Waals surface area contributed by atoms with Crippen LogP contribution in [0.1, 0.15) is 19.4 Å². The molecule has 0 saturated heterocycles. The minimum atomic E-state index is -0.452. The number of nitrogens with two attached hydrogens (primary N) is 1. The number of aryl methyl sites for hydroxylation is 1. The molecular weight excluding hydrogens is 224 g/mol. The molecule has 3 nitrogen and oxygen atoms in total. The third-order valence-corrected chi connectivity index (χ3v) is 2.34. The number of carbonyl (C=O) groups is 1. The summed E-state index contributed by atoms with van der Waals surface area (Å²) in [5.74, 6) is 0.0179. The zero-order chi connectivity index (χ0) is 11.4. The first-order chi connectivity index (χ1) is 7.00. The van der Waals surface area contributed by atoms with E-state index in [1.165, 1.54) is 5.56 Å². The first-order valence-electron chi connectivity index (χ1n) is 5.14. The van der Waals surface area contributed by atoms with Gasteiger partial charge in [0.15, 0.2) is 0 Å². The first kappa shape index (κ1) is 14.9. The minimum absolute atomic E-state index is 0. The number of benzene rings is 1. The molecule has 0 spiro atoms. The number of carbonyl (C=O) groups excluding carboxylic acids is 1. The number of anilines is 1. The molecule has 16 heavy (non-hydrogen) atoms. The largest absolute Gasteiger partial charge is 0.325 e. The summed E-state index contributed by atoms with van der Waals surface area (Å²) in [5.41, 5.74) is 7.69. The summed E-state index contributed by atoms with van der Waals surface area (Å²) in [6.07, 6.45) is 0. The molecule has 0 aliphatic rings. The Bertz CT molecular complexity index is 335. The van der Waals surface area contributed by atoms with Gasteiger partial charge in [-0.2, -0.15) is 0 Å². The molecule has 0 bridgehead atoms. The Morgan fingerprint density at radius 2 is 1.75 bits per heavy atom. The molecule has 0 aliphatic heterocycles. The molecule has 1 atom stereocenters. The van der Waals surface area contributed by atoms with Gasteiger partial charge in [-0.25, -0.2) is 0 Å². The van der Waals surface area contributed by atoms with Crippen LogP contribution in [0.5, 0.6) is 0 Å². The van der Waals surface area contributed by atoms with Crippen LogP contribution in [0, 0.1) is 12.8 Å². The normalized spacial score (nSPS) is 11.8.